The maximum Gasteiger partial charge on any atom is 0.142 e. The van der Waals surface area contributed by atoms with Crippen molar-refractivity contribution in [3.05, 3.63) is 0 Å². The van der Waals surface area contributed by atoms with E-state index < -0.39 is 0 Å². The molecule has 1 N–H and O–H groups in total. The molecule has 0 aromatic carbocycles. The van der Waals surface area contributed by atoms with E-state index in [-0.39, 0.29) is 11.3 Å². The number of carbonyl (C=O) groups excluding carboxylic acids is 1. The van der Waals surface area contributed by atoms with Crippen molar-refractivity contribution in [2.75, 3.05) is 13.1 Å². The minimum absolute atomic E-state index is 0.130. The van der Waals surface area contributed by atoms with Crippen LogP contribution in [0.1, 0.15) is 34.6 Å². The normalized spacial score (nSPS) is 14.4. The van der Waals surface area contributed by atoms with Crippen LogP contribution in [0.15, 0.2) is 0 Å². The molecule has 0 aromatic heterocycles. The van der Waals surface area contributed by atoms with Gasteiger partial charge in [-0.25, -0.2) is 0 Å². The van der Waals surface area contributed by atoms with Gasteiger partial charge < -0.3 is 5.32 Å². The molecule has 0 aliphatic carbocycles. The molecule has 2 heteroatoms. The van der Waals surface area contributed by atoms with Crippen molar-refractivity contribution < 1.29 is 4.79 Å². The molecule has 0 saturated carbocycles. The van der Waals surface area contributed by atoms with E-state index in [4.69, 9.17) is 0 Å². The number of rotatable bonds is 4. The minimum Gasteiger partial charge on any atom is -0.316 e. The lowest BCUT2D eigenvalue weighted by Gasteiger charge is -2.21. The Kier molecular flexibility index (Phi) is 4.46. The third-order valence-corrected chi connectivity index (χ3v) is 1.89. The lowest BCUT2D eigenvalue weighted by atomic mass is 9.84. The third kappa shape index (κ3) is 3.86. The second kappa shape index (κ2) is 4.61. The van der Waals surface area contributed by atoms with Gasteiger partial charge in [-0.15, -0.1) is 0 Å². The second-order valence-corrected chi connectivity index (χ2v) is 4.32. The average molecular weight is 171 g/mol. The monoisotopic (exact) mass is 171 g/mol. The summed E-state index contributed by atoms with van der Waals surface area (Å²) in [5, 5.41) is 3.18. The molecule has 0 aromatic rings. The van der Waals surface area contributed by atoms with Gasteiger partial charge in [-0.05, 0) is 6.54 Å². The van der Waals surface area contributed by atoms with Crippen molar-refractivity contribution >= 4 is 5.78 Å². The summed E-state index contributed by atoms with van der Waals surface area (Å²) in [6.07, 6.45) is 0. The summed E-state index contributed by atoms with van der Waals surface area (Å²) in [6.45, 7) is 11.7. The predicted octanol–water partition coefficient (Wildman–Crippen LogP) is 1.85. The van der Waals surface area contributed by atoms with Crippen LogP contribution in [-0.4, -0.2) is 18.9 Å². The zero-order valence-electron chi connectivity index (χ0n) is 8.90. The largest absolute Gasteiger partial charge is 0.316 e. The van der Waals surface area contributed by atoms with Crippen LogP contribution in [0, 0.1) is 11.3 Å². The molecule has 0 amide bonds. The molecule has 2 nitrogen and oxygen atoms in total. The second-order valence-electron chi connectivity index (χ2n) is 4.32. The van der Waals surface area contributed by atoms with E-state index in [1.165, 1.54) is 0 Å². The van der Waals surface area contributed by atoms with Gasteiger partial charge in [-0.2, -0.15) is 0 Å². The quantitative estimate of drug-likeness (QED) is 0.699. The first-order chi connectivity index (χ1) is 5.39. The number of ketones is 1. The lowest BCUT2D eigenvalue weighted by molar-refractivity contribution is -0.129. The highest BCUT2D eigenvalue weighted by atomic mass is 16.1. The number of carbonyl (C=O) groups is 1. The maximum atomic E-state index is 11.6. The standard InChI is InChI=1S/C10H21NO/c1-6-11-7-8(2)9(12)10(3,4)5/h8,11H,6-7H2,1-5H3. The van der Waals surface area contributed by atoms with Crippen LogP contribution in [0.2, 0.25) is 0 Å². The first kappa shape index (κ1) is 11.6. The molecule has 0 spiro atoms. The van der Waals surface area contributed by atoms with Gasteiger partial charge in [0.15, 0.2) is 0 Å². The molecule has 0 bridgehead atoms. The smallest absolute Gasteiger partial charge is 0.142 e. The van der Waals surface area contributed by atoms with Crippen molar-refractivity contribution in [2.45, 2.75) is 34.6 Å². The summed E-state index contributed by atoms with van der Waals surface area (Å²) in [6, 6.07) is 0. The van der Waals surface area contributed by atoms with Gasteiger partial charge in [0.1, 0.15) is 5.78 Å². The topological polar surface area (TPSA) is 29.1 Å². The van der Waals surface area contributed by atoms with Gasteiger partial charge in [0.05, 0.1) is 0 Å². The fourth-order valence-electron chi connectivity index (χ4n) is 1.19. The predicted molar refractivity (Wildman–Crippen MR) is 52.2 cm³/mol. The molecule has 0 rings (SSSR count). The summed E-state index contributed by atoms with van der Waals surface area (Å²) >= 11 is 0. The minimum atomic E-state index is -0.200. The molecule has 0 aliphatic heterocycles. The van der Waals surface area contributed by atoms with E-state index in [1.807, 2.05) is 34.6 Å². The molecule has 0 heterocycles. The zero-order valence-corrected chi connectivity index (χ0v) is 8.90. The molecular weight excluding hydrogens is 150 g/mol. The summed E-state index contributed by atoms with van der Waals surface area (Å²) in [4.78, 5) is 11.6. The summed E-state index contributed by atoms with van der Waals surface area (Å²) < 4.78 is 0. The van der Waals surface area contributed by atoms with Gasteiger partial charge in [0.25, 0.3) is 0 Å². The van der Waals surface area contributed by atoms with Crippen molar-refractivity contribution in [2.24, 2.45) is 11.3 Å². The Morgan fingerprint density at radius 3 is 2.25 bits per heavy atom. The zero-order chi connectivity index (χ0) is 9.78. The van der Waals surface area contributed by atoms with Crippen molar-refractivity contribution in [1.82, 2.24) is 5.32 Å². The molecule has 12 heavy (non-hydrogen) atoms. The Hall–Kier alpha value is -0.370. The van der Waals surface area contributed by atoms with Crippen LogP contribution < -0.4 is 5.32 Å². The van der Waals surface area contributed by atoms with Crippen molar-refractivity contribution in [3.63, 3.8) is 0 Å². The Bertz CT molecular complexity index is 146. The summed E-state index contributed by atoms with van der Waals surface area (Å²) in [5.41, 5.74) is -0.200. The van der Waals surface area contributed by atoms with Gasteiger partial charge in [0.2, 0.25) is 0 Å². The van der Waals surface area contributed by atoms with E-state index >= 15 is 0 Å². The Morgan fingerprint density at radius 1 is 1.42 bits per heavy atom. The molecule has 0 aliphatic rings. The van der Waals surface area contributed by atoms with Crippen molar-refractivity contribution in [3.8, 4) is 0 Å². The highest BCUT2D eigenvalue weighted by molar-refractivity contribution is 5.85. The number of hydrogen-bond donors (Lipinski definition) is 1. The summed E-state index contributed by atoms with van der Waals surface area (Å²) in [7, 11) is 0. The first-order valence-corrected chi connectivity index (χ1v) is 4.64. The third-order valence-electron chi connectivity index (χ3n) is 1.89. The van der Waals surface area contributed by atoms with E-state index in [0.29, 0.717) is 5.78 Å². The summed E-state index contributed by atoms with van der Waals surface area (Å²) in [5.74, 6) is 0.466. The SMILES string of the molecule is CCNCC(C)C(=O)C(C)(C)C. The number of Topliss-reactive ketones (excluding diaryl/α,β-unsaturated/α-hetero) is 1. The van der Waals surface area contributed by atoms with Crippen LogP contribution >= 0.6 is 0 Å². The molecule has 0 fully saturated rings. The molecule has 1 unspecified atom stereocenters. The van der Waals surface area contributed by atoms with E-state index in [1.54, 1.807) is 0 Å². The van der Waals surface area contributed by atoms with Crippen LogP contribution in [0.5, 0.6) is 0 Å². The number of hydrogen-bond acceptors (Lipinski definition) is 2. The Labute approximate surface area is 75.7 Å². The van der Waals surface area contributed by atoms with Crippen LogP contribution in [0.4, 0.5) is 0 Å². The Balaban J connectivity index is 3.94. The van der Waals surface area contributed by atoms with Crippen LogP contribution in [0.25, 0.3) is 0 Å². The van der Waals surface area contributed by atoms with Gasteiger partial charge >= 0.3 is 0 Å². The average Bonchev–Trinajstić information content (AvgIpc) is 1.97. The first-order valence-electron chi connectivity index (χ1n) is 4.64. The molecule has 72 valence electrons. The van der Waals surface area contributed by atoms with Crippen LogP contribution in [-0.2, 0) is 4.79 Å². The van der Waals surface area contributed by atoms with E-state index in [0.717, 1.165) is 13.1 Å². The van der Waals surface area contributed by atoms with Gasteiger partial charge in [-0.1, -0.05) is 34.6 Å². The fraction of sp³-hybridized carbons (Fsp3) is 0.900. The molecule has 0 saturated heterocycles. The maximum absolute atomic E-state index is 11.6. The number of nitrogens with one attached hydrogen (secondary N) is 1. The van der Waals surface area contributed by atoms with Crippen molar-refractivity contribution in [1.29, 1.82) is 0 Å². The molecule has 1 atom stereocenters. The Morgan fingerprint density at radius 2 is 1.92 bits per heavy atom. The highest BCUT2D eigenvalue weighted by Crippen LogP contribution is 2.19. The van der Waals surface area contributed by atoms with Gasteiger partial charge in [-0.3, -0.25) is 4.79 Å². The van der Waals surface area contributed by atoms with Gasteiger partial charge in [0, 0.05) is 17.9 Å². The molecular formula is C10H21NO. The highest BCUT2D eigenvalue weighted by Gasteiger charge is 2.25. The van der Waals surface area contributed by atoms with Crippen LogP contribution in [0.3, 0.4) is 0 Å². The molecule has 0 radical (unpaired) electrons. The fourth-order valence-corrected chi connectivity index (χ4v) is 1.19. The van der Waals surface area contributed by atoms with E-state index in [2.05, 4.69) is 5.32 Å². The van der Waals surface area contributed by atoms with E-state index in [9.17, 15) is 4.79 Å². The lowest BCUT2D eigenvalue weighted by Crippen LogP contribution is -2.33.